The Morgan fingerprint density at radius 1 is 1.05 bits per heavy atom. The summed E-state index contributed by atoms with van der Waals surface area (Å²) in [6.07, 6.45) is 0.966. The molecule has 1 unspecified atom stereocenters. The van der Waals surface area contributed by atoms with E-state index >= 15 is 0 Å². The zero-order chi connectivity index (χ0) is 14.4. The molecule has 0 saturated heterocycles. The van der Waals surface area contributed by atoms with Crippen LogP contribution in [-0.2, 0) is 11.2 Å². The monoisotopic (exact) mass is 269 g/mol. The van der Waals surface area contributed by atoms with Gasteiger partial charge >= 0.3 is 0 Å². The Labute approximate surface area is 121 Å². The molecule has 0 aromatic heterocycles. The number of hydrogen-bond donors (Lipinski definition) is 1. The van der Waals surface area contributed by atoms with Crippen LogP contribution < -0.4 is 5.32 Å². The molecule has 0 spiro atoms. The van der Waals surface area contributed by atoms with Crippen molar-refractivity contribution >= 4 is 0 Å². The van der Waals surface area contributed by atoms with Gasteiger partial charge in [-0.05, 0) is 48.7 Å². The van der Waals surface area contributed by atoms with Gasteiger partial charge in [-0.15, -0.1) is 0 Å². The molecule has 0 amide bonds. The predicted octanol–water partition coefficient (Wildman–Crippen LogP) is 3.82. The Bertz CT molecular complexity index is 533. The Morgan fingerprint density at radius 3 is 2.45 bits per heavy atom. The van der Waals surface area contributed by atoms with Crippen molar-refractivity contribution in [3.8, 4) is 11.1 Å². The standard InChI is InChI=1S/C18H23NO/c1-14(19-2)17-5-4-6-18(13-17)16-9-7-15(8-10-16)11-12-20-3/h4-10,13-14,19H,11-12H2,1-3H3. The second kappa shape index (κ2) is 7.22. The Kier molecular flexibility index (Phi) is 5.33. The second-order valence-electron chi connectivity index (χ2n) is 5.08. The van der Waals surface area contributed by atoms with E-state index in [0.29, 0.717) is 6.04 Å². The van der Waals surface area contributed by atoms with Crippen LogP contribution in [0, 0.1) is 0 Å². The first-order valence-corrected chi connectivity index (χ1v) is 7.10. The quantitative estimate of drug-likeness (QED) is 0.860. The van der Waals surface area contributed by atoms with Crippen molar-refractivity contribution in [2.24, 2.45) is 0 Å². The smallest absolute Gasteiger partial charge is 0.0502 e. The molecule has 106 valence electrons. The number of ether oxygens (including phenoxy) is 1. The minimum absolute atomic E-state index is 0.371. The van der Waals surface area contributed by atoms with Crippen molar-refractivity contribution in [2.75, 3.05) is 20.8 Å². The van der Waals surface area contributed by atoms with E-state index in [-0.39, 0.29) is 0 Å². The highest BCUT2D eigenvalue weighted by atomic mass is 16.5. The molecule has 0 saturated carbocycles. The van der Waals surface area contributed by atoms with Crippen LogP contribution in [0.1, 0.15) is 24.1 Å². The van der Waals surface area contributed by atoms with Gasteiger partial charge in [0.1, 0.15) is 0 Å². The number of rotatable bonds is 6. The molecule has 0 aliphatic heterocycles. The van der Waals surface area contributed by atoms with Gasteiger partial charge < -0.3 is 10.1 Å². The SMILES string of the molecule is CNC(C)c1cccc(-c2ccc(CCOC)cc2)c1. The molecule has 0 radical (unpaired) electrons. The highest BCUT2D eigenvalue weighted by Gasteiger charge is 2.04. The first-order chi connectivity index (χ1) is 9.74. The molecule has 0 heterocycles. The predicted molar refractivity (Wildman–Crippen MR) is 84.9 cm³/mol. The lowest BCUT2D eigenvalue weighted by Gasteiger charge is -2.12. The van der Waals surface area contributed by atoms with Crippen molar-refractivity contribution in [3.63, 3.8) is 0 Å². The number of hydrogen-bond acceptors (Lipinski definition) is 2. The van der Waals surface area contributed by atoms with E-state index in [9.17, 15) is 0 Å². The molecule has 0 bridgehead atoms. The summed E-state index contributed by atoms with van der Waals surface area (Å²) in [5.41, 5.74) is 5.16. The zero-order valence-electron chi connectivity index (χ0n) is 12.5. The molecule has 20 heavy (non-hydrogen) atoms. The van der Waals surface area contributed by atoms with Gasteiger partial charge in [0.2, 0.25) is 0 Å². The van der Waals surface area contributed by atoms with Crippen LogP contribution in [0.15, 0.2) is 48.5 Å². The highest BCUT2D eigenvalue weighted by molar-refractivity contribution is 5.64. The molecule has 1 N–H and O–H groups in total. The van der Waals surface area contributed by atoms with Gasteiger partial charge in [0, 0.05) is 13.2 Å². The van der Waals surface area contributed by atoms with E-state index in [4.69, 9.17) is 4.74 Å². The van der Waals surface area contributed by atoms with Gasteiger partial charge in [0.05, 0.1) is 6.61 Å². The largest absolute Gasteiger partial charge is 0.384 e. The summed E-state index contributed by atoms with van der Waals surface area (Å²) in [7, 11) is 3.73. The first kappa shape index (κ1) is 14.8. The van der Waals surface area contributed by atoms with Crippen molar-refractivity contribution < 1.29 is 4.74 Å². The first-order valence-electron chi connectivity index (χ1n) is 7.10. The summed E-state index contributed by atoms with van der Waals surface area (Å²) in [5, 5.41) is 3.28. The van der Waals surface area contributed by atoms with Crippen LogP contribution in [0.25, 0.3) is 11.1 Å². The Morgan fingerprint density at radius 2 is 1.80 bits per heavy atom. The molecule has 1 atom stereocenters. The summed E-state index contributed by atoms with van der Waals surface area (Å²) in [4.78, 5) is 0. The van der Waals surface area contributed by atoms with E-state index in [2.05, 4.69) is 60.8 Å². The van der Waals surface area contributed by atoms with Crippen LogP contribution in [0.4, 0.5) is 0 Å². The third kappa shape index (κ3) is 3.69. The van der Waals surface area contributed by atoms with Crippen LogP contribution in [0.5, 0.6) is 0 Å². The molecule has 2 rings (SSSR count). The van der Waals surface area contributed by atoms with Crippen molar-refractivity contribution in [1.82, 2.24) is 5.32 Å². The lowest BCUT2D eigenvalue weighted by atomic mass is 9.99. The molecular weight excluding hydrogens is 246 g/mol. The molecule has 2 nitrogen and oxygen atoms in total. The van der Waals surface area contributed by atoms with E-state index in [1.54, 1.807) is 7.11 Å². The molecule has 2 heteroatoms. The van der Waals surface area contributed by atoms with Gasteiger partial charge in [0.25, 0.3) is 0 Å². The van der Waals surface area contributed by atoms with Crippen LogP contribution >= 0.6 is 0 Å². The summed E-state index contributed by atoms with van der Waals surface area (Å²) >= 11 is 0. The fraction of sp³-hybridized carbons (Fsp3) is 0.333. The second-order valence-corrected chi connectivity index (χ2v) is 5.08. The molecular formula is C18H23NO. The number of benzene rings is 2. The van der Waals surface area contributed by atoms with Crippen molar-refractivity contribution in [1.29, 1.82) is 0 Å². The zero-order valence-corrected chi connectivity index (χ0v) is 12.5. The Balaban J connectivity index is 2.18. The lowest BCUT2D eigenvalue weighted by molar-refractivity contribution is 0.202. The molecule has 0 fully saturated rings. The van der Waals surface area contributed by atoms with Gasteiger partial charge in [-0.2, -0.15) is 0 Å². The third-order valence-electron chi connectivity index (χ3n) is 3.70. The van der Waals surface area contributed by atoms with Gasteiger partial charge in [-0.3, -0.25) is 0 Å². The normalized spacial score (nSPS) is 12.3. The van der Waals surface area contributed by atoms with Crippen molar-refractivity contribution in [2.45, 2.75) is 19.4 Å². The van der Waals surface area contributed by atoms with E-state index in [1.807, 2.05) is 7.05 Å². The van der Waals surface area contributed by atoms with E-state index < -0.39 is 0 Å². The fourth-order valence-corrected chi connectivity index (χ4v) is 2.24. The topological polar surface area (TPSA) is 21.3 Å². The molecule has 0 aliphatic carbocycles. The van der Waals surface area contributed by atoms with E-state index in [1.165, 1.54) is 22.3 Å². The van der Waals surface area contributed by atoms with Crippen molar-refractivity contribution in [3.05, 3.63) is 59.7 Å². The molecule has 2 aromatic carbocycles. The third-order valence-corrected chi connectivity index (χ3v) is 3.70. The van der Waals surface area contributed by atoms with Gasteiger partial charge in [-0.25, -0.2) is 0 Å². The number of nitrogens with one attached hydrogen (secondary N) is 1. The lowest BCUT2D eigenvalue weighted by Crippen LogP contribution is -2.12. The summed E-state index contributed by atoms with van der Waals surface area (Å²) in [6.45, 7) is 2.95. The minimum atomic E-state index is 0.371. The Hall–Kier alpha value is -1.64. The maximum atomic E-state index is 5.11. The average Bonchev–Trinajstić information content (AvgIpc) is 2.52. The van der Waals surface area contributed by atoms with Crippen LogP contribution in [0.2, 0.25) is 0 Å². The molecule has 2 aromatic rings. The summed E-state index contributed by atoms with van der Waals surface area (Å²) in [6, 6.07) is 17.8. The van der Waals surface area contributed by atoms with Gasteiger partial charge in [0.15, 0.2) is 0 Å². The van der Waals surface area contributed by atoms with Crippen LogP contribution in [0.3, 0.4) is 0 Å². The van der Waals surface area contributed by atoms with Gasteiger partial charge in [-0.1, -0.05) is 42.5 Å². The van der Waals surface area contributed by atoms with E-state index in [0.717, 1.165) is 13.0 Å². The number of methoxy groups -OCH3 is 1. The molecule has 0 aliphatic rings. The maximum absolute atomic E-state index is 5.11. The average molecular weight is 269 g/mol. The fourth-order valence-electron chi connectivity index (χ4n) is 2.24. The summed E-state index contributed by atoms with van der Waals surface area (Å²) < 4.78 is 5.11. The minimum Gasteiger partial charge on any atom is -0.384 e. The summed E-state index contributed by atoms with van der Waals surface area (Å²) in [5.74, 6) is 0. The van der Waals surface area contributed by atoms with Crippen LogP contribution in [-0.4, -0.2) is 20.8 Å². The maximum Gasteiger partial charge on any atom is 0.0502 e. The highest BCUT2D eigenvalue weighted by Crippen LogP contribution is 2.23.